The first-order chi connectivity index (χ1) is 11.2. The zero-order chi connectivity index (χ0) is 16.2. The molecule has 2 N–H and O–H groups in total. The summed E-state index contributed by atoms with van der Waals surface area (Å²) in [5.74, 6) is 0.186. The Morgan fingerprint density at radius 1 is 1.38 bits per heavy atom. The number of piperazine rings is 1. The lowest BCUT2D eigenvalue weighted by atomic mass is 10.1. The lowest BCUT2D eigenvalue weighted by Gasteiger charge is -2.26. The maximum atomic E-state index is 12.3. The maximum Gasteiger partial charge on any atom is 0.287 e. The summed E-state index contributed by atoms with van der Waals surface area (Å²) in [6.45, 7) is 7.79. The van der Waals surface area contributed by atoms with E-state index in [0.29, 0.717) is 22.9 Å². The van der Waals surface area contributed by atoms with E-state index in [2.05, 4.69) is 15.5 Å². The number of nitrogens with zero attached hydrogens (tertiary/aromatic N) is 1. The van der Waals surface area contributed by atoms with Gasteiger partial charge in [0.05, 0.1) is 5.02 Å². The topological polar surface area (TPSA) is 57.5 Å². The normalized spacial score (nSPS) is 15.2. The third-order valence-corrected chi connectivity index (χ3v) is 4.57. The molecular weight excluding hydrogens is 349 g/mol. The van der Waals surface area contributed by atoms with Crippen LogP contribution in [0, 0.1) is 6.92 Å². The smallest absolute Gasteiger partial charge is 0.287 e. The highest BCUT2D eigenvalue weighted by atomic mass is 35.5. The summed E-state index contributed by atoms with van der Waals surface area (Å²) in [4.78, 5) is 14.7. The predicted octanol–water partition coefficient (Wildman–Crippen LogP) is 2.84. The molecular formula is C17H23Cl2N3O2. The Kier molecular flexibility index (Phi) is 6.92. The van der Waals surface area contributed by atoms with Gasteiger partial charge in [-0.2, -0.15) is 0 Å². The molecule has 2 aromatic rings. The van der Waals surface area contributed by atoms with Crippen LogP contribution < -0.4 is 10.6 Å². The first-order valence-corrected chi connectivity index (χ1v) is 8.43. The average Bonchev–Trinajstić information content (AvgIpc) is 2.91. The van der Waals surface area contributed by atoms with Crippen molar-refractivity contribution in [1.29, 1.82) is 0 Å². The van der Waals surface area contributed by atoms with Crippen LogP contribution in [0.4, 0.5) is 0 Å². The molecule has 0 spiro atoms. The quantitative estimate of drug-likeness (QED) is 0.793. The van der Waals surface area contributed by atoms with E-state index in [4.69, 9.17) is 16.0 Å². The Morgan fingerprint density at radius 3 is 2.83 bits per heavy atom. The van der Waals surface area contributed by atoms with Gasteiger partial charge in [-0.1, -0.05) is 23.7 Å². The molecule has 1 aliphatic heterocycles. The van der Waals surface area contributed by atoms with Crippen LogP contribution in [-0.4, -0.2) is 50.1 Å². The molecule has 1 amide bonds. The van der Waals surface area contributed by atoms with Crippen LogP contribution in [0.2, 0.25) is 5.02 Å². The molecule has 0 unspecified atom stereocenters. The lowest BCUT2D eigenvalue weighted by molar-refractivity contribution is 0.0925. The van der Waals surface area contributed by atoms with Crippen LogP contribution in [-0.2, 0) is 0 Å². The third kappa shape index (κ3) is 4.22. The number of rotatable bonds is 5. The van der Waals surface area contributed by atoms with Gasteiger partial charge in [0.1, 0.15) is 0 Å². The van der Waals surface area contributed by atoms with Crippen LogP contribution in [0.25, 0.3) is 11.0 Å². The number of hydrogen-bond acceptors (Lipinski definition) is 4. The molecule has 0 aliphatic carbocycles. The van der Waals surface area contributed by atoms with Gasteiger partial charge in [-0.05, 0) is 26.0 Å². The number of furan rings is 1. The van der Waals surface area contributed by atoms with E-state index in [1.165, 1.54) is 0 Å². The average molecular weight is 372 g/mol. The molecule has 7 heteroatoms. The van der Waals surface area contributed by atoms with Crippen LogP contribution in [0.15, 0.2) is 22.6 Å². The molecule has 24 heavy (non-hydrogen) atoms. The van der Waals surface area contributed by atoms with Crippen LogP contribution in [0.3, 0.4) is 0 Å². The fourth-order valence-corrected chi connectivity index (χ4v) is 3.16. The van der Waals surface area contributed by atoms with Crippen LogP contribution >= 0.6 is 24.0 Å². The lowest BCUT2D eigenvalue weighted by Crippen LogP contribution is -2.44. The summed E-state index contributed by atoms with van der Waals surface area (Å²) < 4.78 is 5.68. The minimum atomic E-state index is -0.171. The summed E-state index contributed by atoms with van der Waals surface area (Å²) in [6.07, 6.45) is 0.936. The van der Waals surface area contributed by atoms with Gasteiger partial charge in [0.2, 0.25) is 0 Å². The monoisotopic (exact) mass is 371 g/mol. The molecule has 1 aliphatic rings. The molecule has 0 radical (unpaired) electrons. The molecule has 1 saturated heterocycles. The van der Waals surface area contributed by atoms with Gasteiger partial charge in [0.15, 0.2) is 11.3 Å². The number of para-hydroxylation sites is 1. The summed E-state index contributed by atoms with van der Waals surface area (Å²) in [6, 6.07) is 5.55. The van der Waals surface area contributed by atoms with Crippen molar-refractivity contribution < 1.29 is 9.21 Å². The van der Waals surface area contributed by atoms with E-state index < -0.39 is 0 Å². The van der Waals surface area contributed by atoms with E-state index in [1.807, 2.05) is 19.1 Å². The molecule has 1 aromatic carbocycles. The van der Waals surface area contributed by atoms with Crippen molar-refractivity contribution in [2.45, 2.75) is 13.3 Å². The molecule has 0 atom stereocenters. The Bertz CT molecular complexity index is 696. The first-order valence-electron chi connectivity index (χ1n) is 8.05. The number of amides is 1. The summed E-state index contributed by atoms with van der Waals surface area (Å²) in [5, 5.41) is 7.70. The Morgan fingerprint density at radius 2 is 2.12 bits per heavy atom. The fourth-order valence-electron chi connectivity index (χ4n) is 2.95. The van der Waals surface area contributed by atoms with E-state index in [-0.39, 0.29) is 18.3 Å². The first kappa shape index (κ1) is 19.1. The summed E-state index contributed by atoms with van der Waals surface area (Å²) in [7, 11) is 0. The standard InChI is InChI=1S/C17H22ClN3O2.ClH/c1-12-13-4-2-5-14(18)16(13)23-15(12)17(22)20-6-3-9-21-10-7-19-8-11-21;/h2,4-5,19H,3,6-11H2,1H3,(H,20,22);1H. The van der Waals surface area contributed by atoms with E-state index in [9.17, 15) is 4.79 Å². The van der Waals surface area contributed by atoms with Crippen molar-refractivity contribution in [3.05, 3.63) is 34.5 Å². The van der Waals surface area contributed by atoms with Crippen molar-refractivity contribution in [2.75, 3.05) is 39.3 Å². The van der Waals surface area contributed by atoms with E-state index >= 15 is 0 Å². The van der Waals surface area contributed by atoms with Crippen molar-refractivity contribution in [3.8, 4) is 0 Å². The number of aryl methyl sites for hydroxylation is 1. The highest BCUT2D eigenvalue weighted by Crippen LogP contribution is 2.30. The molecule has 2 heterocycles. The van der Waals surface area contributed by atoms with Crippen molar-refractivity contribution >= 4 is 40.9 Å². The van der Waals surface area contributed by atoms with Crippen LogP contribution in [0.5, 0.6) is 0 Å². The molecule has 3 rings (SSSR count). The molecule has 1 fully saturated rings. The van der Waals surface area contributed by atoms with E-state index in [0.717, 1.165) is 50.1 Å². The van der Waals surface area contributed by atoms with Crippen LogP contribution in [0.1, 0.15) is 22.5 Å². The highest BCUT2D eigenvalue weighted by Gasteiger charge is 2.18. The minimum absolute atomic E-state index is 0. The van der Waals surface area contributed by atoms with Crippen molar-refractivity contribution in [2.24, 2.45) is 0 Å². The summed E-state index contributed by atoms with van der Waals surface area (Å²) >= 11 is 6.12. The number of hydrogen-bond donors (Lipinski definition) is 2. The van der Waals surface area contributed by atoms with Gasteiger partial charge < -0.3 is 20.0 Å². The second-order valence-electron chi connectivity index (χ2n) is 5.87. The second kappa shape index (κ2) is 8.72. The number of halogens is 2. The van der Waals surface area contributed by atoms with Gasteiger partial charge in [0, 0.05) is 43.7 Å². The van der Waals surface area contributed by atoms with Gasteiger partial charge >= 0.3 is 0 Å². The SMILES string of the molecule is Cc1c(C(=O)NCCCN2CCNCC2)oc2c(Cl)cccc12.Cl. The zero-order valence-electron chi connectivity index (χ0n) is 13.7. The molecule has 1 aromatic heterocycles. The number of carbonyl (C=O) groups is 1. The maximum absolute atomic E-state index is 12.3. The third-order valence-electron chi connectivity index (χ3n) is 4.27. The molecule has 5 nitrogen and oxygen atoms in total. The fraction of sp³-hybridized carbons (Fsp3) is 0.471. The number of carbonyl (C=O) groups excluding carboxylic acids is 1. The minimum Gasteiger partial charge on any atom is -0.449 e. The predicted molar refractivity (Wildman–Crippen MR) is 99.5 cm³/mol. The summed E-state index contributed by atoms with van der Waals surface area (Å²) in [5.41, 5.74) is 1.42. The number of benzene rings is 1. The molecule has 132 valence electrons. The van der Waals surface area contributed by atoms with Gasteiger partial charge in [-0.25, -0.2) is 0 Å². The second-order valence-corrected chi connectivity index (χ2v) is 6.28. The Hall–Kier alpha value is -1.27. The molecule has 0 bridgehead atoms. The Balaban J connectivity index is 0.00000208. The highest BCUT2D eigenvalue weighted by molar-refractivity contribution is 6.35. The van der Waals surface area contributed by atoms with Crippen molar-refractivity contribution in [1.82, 2.24) is 15.5 Å². The van der Waals surface area contributed by atoms with Gasteiger partial charge in [0.25, 0.3) is 5.91 Å². The molecule has 0 saturated carbocycles. The number of nitrogens with one attached hydrogen (secondary N) is 2. The largest absolute Gasteiger partial charge is 0.449 e. The van der Waals surface area contributed by atoms with E-state index in [1.54, 1.807) is 6.07 Å². The number of fused-ring (bicyclic) bond motifs is 1. The van der Waals surface area contributed by atoms with Gasteiger partial charge in [-0.3, -0.25) is 4.79 Å². The van der Waals surface area contributed by atoms with Crippen molar-refractivity contribution in [3.63, 3.8) is 0 Å². The van der Waals surface area contributed by atoms with Gasteiger partial charge in [-0.15, -0.1) is 12.4 Å². The zero-order valence-corrected chi connectivity index (χ0v) is 15.3. The Labute approximate surface area is 153 Å².